The zero-order valence-electron chi connectivity index (χ0n) is 11.0. The van der Waals surface area contributed by atoms with Crippen molar-refractivity contribution in [2.75, 3.05) is 18.6 Å². The number of H-pyrrole nitrogens is 1. The maximum Gasteiger partial charge on any atom is 0.231 e. The molecule has 20 heavy (non-hydrogen) atoms. The number of aliphatic hydroxyl groups excluding tert-OH is 1. The first-order valence-corrected chi connectivity index (χ1v) is 7.14. The Morgan fingerprint density at radius 2 is 2.30 bits per heavy atom. The van der Waals surface area contributed by atoms with Crippen molar-refractivity contribution < 1.29 is 9.90 Å². The fourth-order valence-electron chi connectivity index (χ4n) is 2.43. The molecule has 1 aliphatic heterocycles. The van der Waals surface area contributed by atoms with Gasteiger partial charge in [-0.25, -0.2) is 4.98 Å². The number of fused-ring (bicyclic) bond motifs is 1. The number of likely N-dealkylation sites (N-methyl/N-ethyl adjacent to an activating group) is 1. The van der Waals surface area contributed by atoms with Crippen LogP contribution < -0.4 is 4.90 Å². The molecule has 1 amide bonds. The summed E-state index contributed by atoms with van der Waals surface area (Å²) in [6.45, 7) is 0.0584. The van der Waals surface area contributed by atoms with Gasteiger partial charge in [0.25, 0.3) is 0 Å². The molecule has 1 aromatic heterocycles. The van der Waals surface area contributed by atoms with Crippen LogP contribution in [-0.2, 0) is 17.6 Å². The Labute approximate surface area is 124 Å². The van der Waals surface area contributed by atoms with Gasteiger partial charge in [0.05, 0.1) is 13.0 Å². The summed E-state index contributed by atoms with van der Waals surface area (Å²) in [5.41, 5.74) is 3.74. The molecule has 2 heterocycles. The Bertz CT molecular complexity index is 681. The predicted octanol–water partition coefficient (Wildman–Crippen LogP) is 1.89. The average molecular weight is 336 g/mol. The number of benzene rings is 1. The first-order chi connectivity index (χ1) is 9.60. The monoisotopic (exact) mass is 335 g/mol. The fraction of sp³-hybridized carbons (Fsp3) is 0.286. The lowest BCUT2D eigenvalue weighted by Gasteiger charge is -2.10. The molecule has 0 saturated carbocycles. The predicted molar refractivity (Wildman–Crippen MR) is 79.6 cm³/mol. The van der Waals surface area contributed by atoms with Gasteiger partial charge in [-0.15, -0.1) is 0 Å². The molecule has 2 N–H and O–H groups in total. The number of nitrogens with zero attached hydrogens (tertiary/aromatic N) is 2. The third-order valence-electron chi connectivity index (χ3n) is 3.49. The van der Waals surface area contributed by atoms with Crippen LogP contribution in [0, 0.1) is 0 Å². The van der Waals surface area contributed by atoms with E-state index in [2.05, 4.69) is 25.9 Å². The molecule has 0 saturated heterocycles. The third kappa shape index (κ3) is 2.14. The highest BCUT2D eigenvalue weighted by atomic mass is 79.9. The second kappa shape index (κ2) is 5.03. The summed E-state index contributed by atoms with van der Waals surface area (Å²) in [5, 5.41) is 8.96. The van der Waals surface area contributed by atoms with E-state index >= 15 is 0 Å². The number of aliphatic hydroxyl groups is 1. The van der Waals surface area contributed by atoms with Crippen LogP contribution in [0.25, 0.3) is 11.3 Å². The van der Waals surface area contributed by atoms with Crippen molar-refractivity contribution in [3.05, 3.63) is 34.2 Å². The number of carbonyl (C=O) groups is 1. The standard InChI is InChI=1S/C14H14BrN3O2/c1-18-10-3-2-8(6-9(10)7-12(18)20)13-14(15)17-11(16-13)4-5-19/h2-3,6,19H,4-5,7H2,1H3,(H,16,17). The molecule has 1 aromatic carbocycles. The Morgan fingerprint density at radius 3 is 3.05 bits per heavy atom. The summed E-state index contributed by atoms with van der Waals surface area (Å²) in [4.78, 5) is 20.9. The minimum Gasteiger partial charge on any atom is -0.396 e. The molecule has 5 nitrogen and oxygen atoms in total. The number of carbonyl (C=O) groups excluding carboxylic acids is 1. The number of anilines is 1. The molecule has 0 atom stereocenters. The van der Waals surface area contributed by atoms with Crippen LogP contribution in [-0.4, -0.2) is 34.6 Å². The molecule has 1 aliphatic rings. The zero-order valence-corrected chi connectivity index (χ0v) is 12.6. The maximum absolute atomic E-state index is 11.7. The van der Waals surface area contributed by atoms with E-state index in [0.29, 0.717) is 12.8 Å². The summed E-state index contributed by atoms with van der Waals surface area (Å²) < 4.78 is 0.790. The van der Waals surface area contributed by atoms with Crippen LogP contribution in [0.4, 0.5) is 5.69 Å². The topological polar surface area (TPSA) is 69.2 Å². The molecule has 0 aliphatic carbocycles. The SMILES string of the molecule is CN1C(=O)Cc2cc(-c3nc(CCO)[nH]c3Br)ccc21. The van der Waals surface area contributed by atoms with E-state index in [1.807, 2.05) is 18.2 Å². The quantitative estimate of drug-likeness (QED) is 0.899. The van der Waals surface area contributed by atoms with Crippen molar-refractivity contribution in [2.24, 2.45) is 0 Å². The van der Waals surface area contributed by atoms with Crippen LogP contribution in [0.5, 0.6) is 0 Å². The van der Waals surface area contributed by atoms with E-state index in [0.717, 1.165) is 32.9 Å². The van der Waals surface area contributed by atoms with Gasteiger partial charge in [-0.1, -0.05) is 6.07 Å². The van der Waals surface area contributed by atoms with Gasteiger partial charge in [0.2, 0.25) is 5.91 Å². The largest absolute Gasteiger partial charge is 0.396 e. The number of hydrogen-bond donors (Lipinski definition) is 2. The highest BCUT2D eigenvalue weighted by molar-refractivity contribution is 9.10. The number of hydrogen-bond acceptors (Lipinski definition) is 3. The zero-order chi connectivity index (χ0) is 14.3. The van der Waals surface area contributed by atoms with Crippen LogP contribution in [0.3, 0.4) is 0 Å². The highest BCUT2D eigenvalue weighted by Crippen LogP contribution is 2.33. The Hall–Kier alpha value is -1.66. The van der Waals surface area contributed by atoms with Crippen molar-refractivity contribution in [1.82, 2.24) is 9.97 Å². The summed E-state index contributed by atoms with van der Waals surface area (Å²) in [7, 11) is 1.79. The van der Waals surface area contributed by atoms with Gasteiger partial charge in [-0.3, -0.25) is 4.79 Å². The Morgan fingerprint density at radius 1 is 1.50 bits per heavy atom. The number of rotatable bonds is 3. The number of aromatic nitrogens is 2. The van der Waals surface area contributed by atoms with Gasteiger partial charge in [0.15, 0.2) is 0 Å². The van der Waals surface area contributed by atoms with Crippen molar-refractivity contribution in [3.8, 4) is 11.3 Å². The fourth-order valence-corrected chi connectivity index (χ4v) is 2.98. The van der Waals surface area contributed by atoms with Crippen molar-refractivity contribution in [1.29, 1.82) is 0 Å². The van der Waals surface area contributed by atoms with Crippen molar-refractivity contribution >= 4 is 27.5 Å². The van der Waals surface area contributed by atoms with E-state index in [1.54, 1.807) is 11.9 Å². The molecule has 0 fully saturated rings. The van der Waals surface area contributed by atoms with Gasteiger partial charge < -0.3 is 15.0 Å². The van der Waals surface area contributed by atoms with E-state index in [1.165, 1.54) is 0 Å². The van der Waals surface area contributed by atoms with Gasteiger partial charge in [0.1, 0.15) is 16.1 Å². The molecule has 0 bridgehead atoms. The molecular weight excluding hydrogens is 322 g/mol. The molecule has 6 heteroatoms. The van der Waals surface area contributed by atoms with Crippen molar-refractivity contribution in [2.45, 2.75) is 12.8 Å². The number of amides is 1. The van der Waals surface area contributed by atoms with Crippen LogP contribution in [0.15, 0.2) is 22.8 Å². The molecule has 104 valence electrons. The van der Waals surface area contributed by atoms with Crippen LogP contribution in [0.1, 0.15) is 11.4 Å². The molecular formula is C14H14BrN3O2. The number of aromatic amines is 1. The summed E-state index contributed by atoms with van der Waals surface area (Å²) in [6.07, 6.45) is 0.927. The highest BCUT2D eigenvalue weighted by Gasteiger charge is 2.24. The first-order valence-electron chi connectivity index (χ1n) is 6.35. The summed E-state index contributed by atoms with van der Waals surface area (Å²) >= 11 is 3.45. The van der Waals surface area contributed by atoms with Crippen molar-refractivity contribution in [3.63, 3.8) is 0 Å². The van der Waals surface area contributed by atoms with Crippen LogP contribution >= 0.6 is 15.9 Å². The lowest BCUT2D eigenvalue weighted by Crippen LogP contribution is -2.20. The van der Waals surface area contributed by atoms with E-state index in [-0.39, 0.29) is 12.5 Å². The molecule has 0 unspecified atom stereocenters. The minimum atomic E-state index is 0.0584. The van der Waals surface area contributed by atoms with Gasteiger partial charge in [-0.05, 0) is 33.6 Å². The molecule has 3 rings (SSSR count). The number of halogens is 1. The third-order valence-corrected chi connectivity index (χ3v) is 4.06. The summed E-state index contributed by atoms with van der Waals surface area (Å²) in [6, 6.07) is 5.90. The van der Waals surface area contributed by atoms with Crippen LogP contribution in [0.2, 0.25) is 0 Å². The molecule has 0 spiro atoms. The van der Waals surface area contributed by atoms with E-state index in [4.69, 9.17) is 5.11 Å². The maximum atomic E-state index is 11.7. The Kier molecular flexibility index (Phi) is 3.35. The van der Waals surface area contributed by atoms with E-state index < -0.39 is 0 Å². The molecule has 0 radical (unpaired) electrons. The van der Waals surface area contributed by atoms with E-state index in [9.17, 15) is 4.79 Å². The second-order valence-electron chi connectivity index (χ2n) is 4.79. The van der Waals surface area contributed by atoms with Gasteiger partial charge >= 0.3 is 0 Å². The minimum absolute atomic E-state index is 0.0584. The first kappa shape index (κ1) is 13.3. The van der Waals surface area contributed by atoms with Gasteiger partial charge in [0, 0.05) is 24.7 Å². The smallest absolute Gasteiger partial charge is 0.231 e. The average Bonchev–Trinajstić information content (AvgIpc) is 2.91. The number of nitrogens with one attached hydrogen (secondary N) is 1. The second-order valence-corrected chi connectivity index (χ2v) is 5.59. The lowest BCUT2D eigenvalue weighted by molar-refractivity contribution is -0.117. The lowest BCUT2D eigenvalue weighted by atomic mass is 10.1. The molecule has 2 aromatic rings. The number of imidazole rings is 1. The normalized spacial score (nSPS) is 13.9. The van der Waals surface area contributed by atoms with Gasteiger partial charge in [-0.2, -0.15) is 0 Å². The summed E-state index contributed by atoms with van der Waals surface area (Å²) in [5.74, 6) is 0.849. The Balaban J connectivity index is 2.00.